The first-order valence-corrected chi connectivity index (χ1v) is 7.29. The van der Waals surface area contributed by atoms with E-state index in [9.17, 15) is 19.2 Å². The number of carbonyl (C=O) groups is 4. The Morgan fingerprint density at radius 3 is 2.04 bits per heavy atom. The summed E-state index contributed by atoms with van der Waals surface area (Å²) in [7, 11) is 0. The minimum absolute atomic E-state index is 0.156. The fraction of sp³-hybridized carbons (Fsp3) is 0.375. The maximum absolute atomic E-state index is 12.1. The van der Waals surface area contributed by atoms with Crippen molar-refractivity contribution in [2.24, 2.45) is 0 Å². The van der Waals surface area contributed by atoms with E-state index in [4.69, 9.17) is 9.57 Å². The molecule has 0 fully saturated rings. The van der Waals surface area contributed by atoms with Gasteiger partial charge in [-0.15, -0.1) is 0 Å². The molecule has 1 aliphatic heterocycles. The summed E-state index contributed by atoms with van der Waals surface area (Å²) in [4.78, 5) is 52.7. The van der Waals surface area contributed by atoms with Crippen LogP contribution in [0, 0.1) is 0 Å². The monoisotopic (exact) mass is 334 g/mol. The highest BCUT2D eigenvalue weighted by atomic mass is 16.7. The molecule has 1 aromatic carbocycles. The van der Waals surface area contributed by atoms with E-state index in [-0.39, 0.29) is 11.1 Å². The lowest BCUT2D eigenvalue weighted by molar-refractivity contribution is -0.170. The number of nitrogens with one attached hydrogen (secondary N) is 1. The highest BCUT2D eigenvalue weighted by Gasteiger charge is 2.39. The summed E-state index contributed by atoms with van der Waals surface area (Å²) < 4.78 is 5.02. The third kappa shape index (κ3) is 3.70. The predicted octanol–water partition coefficient (Wildman–Crippen LogP) is 1.65. The second-order valence-electron chi connectivity index (χ2n) is 6.23. The molecule has 0 radical (unpaired) electrons. The van der Waals surface area contributed by atoms with Crippen molar-refractivity contribution in [2.45, 2.75) is 39.3 Å². The first kappa shape index (κ1) is 17.5. The van der Waals surface area contributed by atoms with Crippen LogP contribution in [-0.2, 0) is 14.4 Å². The van der Waals surface area contributed by atoms with Gasteiger partial charge in [0.25, 0.3) is 11.8 Å². The molecule has 1 N–H and O–H groups in total. The van der Waals surface area contributed by atoms with Crippen LogP contribution in [0.2, 0.25) is 0 Å². The molecule has 8 heteroatoms. The Balaban J connectivity index is 1.99. The summed E-state index contributed by atoms with van der Waals surface area (Å²) in [5.74, 6) is -2.42. The van der Waals surface area contributed by atoms with Gasteiger partial charge in [0.2, 0.25) is 0 Å². The first-order valence-electron chi connectivity index (χ1n) is 7.29. The first-order chi connectivity index (χ1) is 11.1. The molecule has 128 valence electrons. The minimum Gasteiger partial charge on any atom is -0.444 e. The quantitative estimate of drug-likeness (QED) is 0.843. The Bertz CT molecular complexity index is 672. The minimum atomic E-state index is -1.11. The van der Waals surface area contributed by atoms with E-state index in [0.29, 0.717) is 5.06 Å². The smallest absolute Gasteiger partial charge is 0.408 e. The number of fused-ring (bicyclic) bond motifs is 1. The van der Waals surface area contributed by atoms with Gasteiger partial charge in [0, 0.05) is 0 Å². The van der Waals surface area contributed by atoms with E-state index in [1.807, 2.05) is 0 Å². The van der Waals surface area contributed by atoms with Crippen LogP contribution in [0.4, 0.5) is 4.79 Å². The number of nitrogens with zero attached hydrogens (tertiary/aromatic N) is 1. The largest absolute Gasteiger partial charge is 0.444 e. The highest BCUT2D eigenvalue weighted by molar-refractivity contribution is 6.20. The molecule has 2 rings (SSSR count). The molecular weight excluding hydrogens is 316 g/mol. The van der Waals surface area contributed by atoms with Crippen LogP contribution in [0.5, 0.6) is 0 Å². The third-order valence-electron chi connectivity index (χ3n) is 3.02. The van der Waals surface area contributed by atoms with E-state index in [2.05, 4.69) is 5.32 Å². The van der Waals surface area contributed by atoms with Crippen LogP contribution < -0.4 is 5.32 Å². The zero-order valence-corrected chi connectivity index (χ0v) is 13.8. The van der Waals surface area contributed by atoms with Gasteiger partial charge in [0.05, 0.1) is 11.1 Å². The Morgan fingerprint density at radius 2 is 1.58 bits per heavy atom. The van der Waals surface area contributed by atoms with E-state index in [1.54, 1.807) is 32.9 Å². The Labute approximate surface area is 138 Å². The van der Waals surface area contributed by atoms with Crippen LogP contribution in [-0.4, -0.2) is 40.6 Å². The zero-order chi connectivity index (χ0) is 18.1. The molecule has 0 bridgehead atoms. The van der Waals surface area contributed by atoms with Crippen LogP contribution in [0.3, 0.4) is 0 Å². The average Bonchev–Trinajstić information content (AvgIpc) is 2.70. The molecular formula is C16H18N2O6. The molecule has 3 amide bonds. The van der Waals surface area contributed by atoms with Gasteiger partial charge in [-0.1, -0.05) is 17.2 Å². The molecule has 24 heavy (non-hydrogen) atoms. The number of alkyl carbamates (subject to hydrolysis) is 1. The number of carbonyl (C=O) groups excluding carboxylic acids is 4. The molecule has 0 aliphatic carbocycles. The Hall–Kier alpha value is -2.90. The fourth-order valence-corrected chi connectivity index (χ4v) is 1.96. The lowest BCUT2D eigenvalue weighted by Gasteiger charge is -2.22. The molecule has 0 spiro atoms. The van der Waals surface area contributed by atoms with Gasteiger partial charge in [0.15, 0.2) is 0 Å². The topological polar surface area (TPSA) is 102 Å². The number of ether oxygens (including phenoxy) is 1. The van der Waals surface area contributed by atoms with Crippen molar-refractivity contribution in [3.63, 3.8) is 0 Å². The number of amides is 3. The molecule has 0 aromatic heterocycles. The molecule has 0 saturated carbocycles. The SMILES string of the molecule is C[C@@H](NC(=O)OC(C)(C)C)C(=O)ON1C(=O)c2ccccc2C1=O. The van der Waals surface area contributed by atoms with E-state index in [1.165, 1.54) is 19.1 Å². The summed E-state index contributed by atoms with van der Waals surface area (Å²) in [6, 6.07) is 5.02. The van der Waals surface area contributed by atoms with Gasteiger partial charge >= 0.3 is 12.1 Å². The van der Waals surface area contributed by atoms with Crippen molar-refractivity contribution in [1.29, 1.82) is 0 Å². The van der Waals surface area contributed by atoms with Crippen LogP contribution >= 0.6 is 0 Å². The number of hydrogen-bond donors (Lipinski definition) is 1. The maximum Gasteiger partial charge on any atom is 0.408 e. The number of imide groups is 1. The molecule has 1 aromatic rings. The van der Waals surface area contributed by atoms with Crippen molar-refractivity contribution in [2.75, 3.05) is 0 Å². The summed E-state index contributed by atoms with van der Waals surface area (Å²) >= 11 is 0. The van der Waals surface area contributed by atoms with Crippen molar-refractivity contribution < 1.29 is 28.8 Å². The standard InChI is InChI=1S/C16H18N2O6/c1-9(17-15(22)23-16(2,3)4)14(21)24-18-12(19)10-7-5-6-8-11(10)13(18)20/h5-9H,1-4H3,(H,17,22)/t9-/m1/s1. The molecule has 8 nitrogen and oxygen atoms in total. The molecule has 1 atom stereocenters. The summed E-state index contributed by atoms with van der Waals surface area (Å²) in [6.07, 6.45) is -0.811. The van der Waals surface area contributed by atoms with Gasteiger partial charge in [-0.3, -0.25) is 9.59 Å². The number of benzene rings is 1. The summed E-state index contributed by atoms with van der Waals surface area (Å²) in [5, 5.41) is 2.67. The maximum atomic E-state index is 12.1. The van der Waals surface area contributed by atoms with Gasteiger partial charge in [0.1, 0.15) is 11.6 Å². The summed E-state index contributed by atoms with van der Waals surface area (Å²) in [6.45, 7) is 6.38. The second kappa shape index (κ2) is 6.31. The van der Waals surface area contributed by atoms with Gasteiger partial charge < -0.3 is 14.9 Å². The van der Waals surface area contributed by atoms with Crippen molar-refractivity contribution in [3.05, 3.63) is 35.4 Å². The van der Waals surface area contributed by atoms with Crippen LogP contribution in [0.1, 0.15) is 48.4 Å². The molecule has 1 aliphatic rings. The van der Waals surface area contributed by atoms with Crippen molar-refractivity contribution in [1.82, 2.24) is 10.4 Å². The lowest BCUT2D eigenvalue weighted by atomic mass is 10.1. The van der Waals surface area contributed by atoms with Crippen LogP contribution in [0.15, 0.2) is 24.3 Å². The number of hydroxylamine groups is 2. The van der Waals surface area contributed by atoms with Crippen LogP contribution in [0.25, 0.3) is 0 Å². The molecule has 0 saturated heterocycles. The second-order valence-corrected chi connectivity index (χ2v) is 6.23. The highest BCUT2D eigenvalue weighted by Crippen LogP contribution is 2.22. The van der Waals surface area contributed by atoms with Gasteiger partial charge in [-0.25, -0.2) is 9.59 Å². The van der Waals surface area contributed by atoms with Crippen molar-refractivity contribution in [3.8, 4) is 0 Å². The normalized spacial score (nSPS) is 14.9. The lowest BCUT2D eigenvalue weighted by Crippen LogP contribution is -2.45. The van der Waals surface area contributed by atoms with E-state index >= 15 is 0 Å². The predicted molar refractivity (Wildman–Crippen MR) is 81.9 cm³/mol. The van der Waals surface area contributed by atoms with Gasteiger partial charge in [-0.2, -0.15) is 0 Å². The Kier molecular flexibility index (Phi) is 4.59. The molecule has 1 heterocycles. The van der Waals surface area contributed by atoms with Crippen molar-refractivity contribution >= 4 is 23.9 Å². The Morgan fingerprint density at radius 1 is 1.08 bits per heavy atom. The van der Waals surface area contributed by atoms with E-state index in [0.717, 1.165) is 0 Å². The number of hydrogen-bond acceptors (Lipinski definition) is 6. The van der Waals surface area contributed by atoms with Gasteiger partial charge in [-0.05, 0) is 39.8 Å². The zero-order valence-electron chi connectivity index (χ0n) is 13.8. The fourth-order valence-electron chi connectivity index (χ4n) is 1.96. The third-order valence-corrected chi connectivity index (χ3v) is 3.02. The average molecular weight is 334 g/mol. The number of rotatable bonds is 3. The summed E-state index contributed by atoms with van der Waals surface area (Å²) in [5.41, 5.74) is -0.415. The van der Waals surface area contributed by atoms with E-state index < -0.39 is 35.5 Å². The molecule has 0 unspecified atom stereocenters.